The summed E-state index contributed by atoms with van der Waals surface area (Å²) in [6, 6.07) is 6.55. The molecular formula is C18H26ClN3O2. The number of aromatic amines is 1. The van der Waals surface area contributed by atoms with Gasteiger partial charge in [0.1, 0.15) is 0 Å². The van der Waals surface area contributed by atoms with Gasteiger partial charge in [0, 0.05) is 42.7 Å². The highest BCUT2D eigenvalue weighted by Crippen LogP contribution is 2.22. The zero-order valence-electron chi connectivity index (χ0n) is 14.1. The van der Waals surface area contributed by atoms with Crippen LogP contribution in [-0.2, 0) is 22.4 Å². The van der Waals surface area contributed by atoms with Crippen LogP contribution >= 0.6 is 12.4 Å². The zero-order valence-corrected chi connectivity index (χ0v) is 14.9. The van der Waals surface area contributed by atoms with Gasteiger partial charge in [-0.15, -0.1) is 12.4 Å². The second kappa shape index (κ2) is 9.06. The number of H-pyrrole nitrogens is 1. The summed E-state index contributed by atoms with van der Waals surface area (Å²) in [6.07, 6.45) is 4.40. The molecule has 1 aromatic carbocycles. The Bertz CT molecular complexity index is 665. The Balaban J connectivity index is 0.00000208. The highest BCUT2D eigenvalue weighted by atomic mass is 35.5. The zero-order chi connectivity index (χ0) is 16.1. The Morgan fingerprint density at radius 3 is 3.00 bits per heavy atom. The number of aromatic nitrogens is 1. The molecule has 1 aliphatic heterocycles. The van der Waals surface area contributed by atoms with Crippen LogP contribution < -0.4 is 10.6 Å². The fraction of sp³-hybridized carbons (Fsp3) is 0.500. The third kappa shape index (κ3) is 4.50. The first-order valence-corrected chi connectivity index (χ1v) is 8.43. The van der Waals surface area contributed by atoms with Crippen molar-refractivity contribution in [2.45, 2.75) is 32.2 Å². The number of carbonyl (C=O) groups is 1. The Labute approximate surface area is 148 Å². The molecule has 1 fully saturated rings. The van der Waals surface area contributed by atoms with Crippen molar-refractivity contribution in [3.8, 4) is 0 Å². The predicted octanol–water partition coefficient (Wildman–Crippen LogP) is 2.19. The molecule has 5 nitrogen and oxygen atoms in total. The molecule has 1 amide bonds. The lowest BCUT2D eigenvalue weighted by atomic mass is 10.1. The standard InChI is InChI=1S/C18H25N3O2.ClH/c1-2-13-4-3-5-16-14(11-21-18(13)16)6-7-20-17(22)10-15-12-23-9-8-19-15;/h3-5,11,15,19,21H,2,6-10,12H2,1H3,(H,20,22);1H. The number of nitrogens with one attached hydrogen (secondary N) is 3. The van der Waals surface area contributed by atoms with E-state index in [1.165, 1.54) is 22.0 Å². The van der Waals surface area contributed by atoms with E-state index in [1.54, 1.807) is 0 Å². The molecule has 1 unspecified atom stereocenters. The number of ether oxygens (including phenoxy) is 1. The summed E-state index contributed by atoms with van der Waals surface area (Å²) in [5, 5.41) is 7.58. The van der Waals surface area contributed by atoms with E-state index in [-0.39, 0.29) is 24.4 Å². The van der Waals surface area contributed by atoms with E-state index in [2.05, 4.69) is 46.9 Å². The van der Waals surface area contributed by atoms with E-state index < -0.39 is 0 Å². The number of hydrogen-bond donors (Lipinski definition) is 3. The summed E-state index contributed by atoms with van der Waals surface area (Å²) in [5.41, 5.74) is 3.82. The molecular weight excluding hydrogens is 326 g/mol. The maximum Gasteiger partial charge on any atom is 0.221 e. The molecule has 2 aromatic rings. The van der Waals surface area contributed by atoms with Crippen LogP contribution in [0, 0.1) is 0 Å². The minimum Gasteiger partial charge on any atom is -0.378 e. The van der Waals surface area contributed by atoms with Gasteiger partial charge in [0.25, 0.3) is 0 Å². The maximum absolute atomic E-state index is 12.0. The van der Waals surface area contributed by atoms with Crippen molar-refractivity contribution in [1.82, 2.24) is 15.6 Å². The molecule has 0 radical (unpaired) electrons. The first kappa shape index (κ1) is 18.8. The van der Waals surface area contributed by atoms with Crippen molar-refractivity contribution >= 4 is 29.2 Å². The number of fused-ring (bicyclic) bond motifs is 1. The van der Waals surface area contributed by atoms with E-state index in [9.17, 15) is 4.79 Å². The molecule has 0 spiro atoms. The minimum absolute atomic E-state index is 0. The Hall–Kier alpha value is -1.56. The van der Waals surface area contributed by atoms with Crippen molar-refractivity contribution in [2.24, 2.45) is 0 Å². The van der Waals surface area contributed by atoms with Crippen LogP contribution in [0.4, 0.5) is 0 Å². The van der Waals surface area contributed by atoms with Crippen molar-refractivity contribution < 1.29 is 9.53 Å². The van der Waals surface area contributed by atoms with Crippen LogP contribution in [0.25, 0.3) is 10.9 Å². The fourth-order valence-corrected chi connectivity index (χ4v) is 3.16. The van der Waals surface area contributed by atoms with Crippen LogP contribution in [0.5, 0.6) is 0 Å². The van der Waals surface area contributed by atoms with Gasteiger partial charge in [0.05, 0.1) is 13.2 Å². The van der Waals surface area contributed by atoms with Crippen molar-refractivity contribution in [3.63, 3.8) is 0 Å². The highest BCUT2D eigenvalue weighted by molar-refractivity contribution is 5.86. The monoisotopic (exact) mass is 351 g/mol. The number of carbonyl (C=O) groups excluding carboxylic acids is 1. The quantitative estimate of drug-likeness (QED) is 0.747. The van der Waals surface area contributed by atoms with Gasteiger partial charge in [0.2, 0.25) is 5.91 Å². The largest absolute Gasteiger partial charge is 0.378 e. The van der Waals surface area contributed by atoms with Crippen LogP contribution in [-0.4, -0.2) is 43.2 Å². The molecule has 0 aliphatic carbocycles. The van der Waals surface area contributed by atoms with Crippen LogP contribution in [0.2, 0.25) is 0 Å². The van der Waals surface area contributed by atoms with Crippen LogP contribution in [0.3, 0.4) is 0 Å². The molecule has 132 valence electrons. The third-order valence-electron chi connectivity index (χ3n) is 4.42. The minimum atomic E-state index is 0. The molecule has 3 rings (SSSR count). The Morgan fingerprint density at radius 1 is 1.38 bits per heavy atom. The first-order chi connectivity index (χ1) is 11.3. The number of amides is 1. The molecule has 1 atom stereocenters. The van der Waals surface area contributed by atoms with E-state index >= 15 is 0 Å². The van der Waals surface area contributed by atoms with Gasteiger partial charge >= 0.3 is 0 Å². The number of hydrogen-bond acceptors (Lipinski definition) is 3. The molecule has 2 heterocycles. The van der Waals surface area contributed by atoms with E-state index in [1.807, 2.05) is 0 Å². The van der Waals surface area contributed by atoms with Gasteiger partial charge in [-0.3, -0.25) is 4.79 Å². The fourth-order valence-electron chi connectivity index (χ4n) is 3.16. The van der Waals surface area contributed by atoms with Gasteiger partial charge in [-0.25, -0.2) is 0 Å². The maximum atomic E-state index is 12.0. The van der Waals surface area contributed by atoms with Gasteiger partial charge < -0.3 is 20.4 Å². The summed E-state index contributed by atoms with van der Waals surface area (Å²) in [7, 11) is 0. The van der Waals surface area contributed by atoms with E-state index in [0.717, 1.165) is 26.0 Å². The van der Waals surface area contributed by atoms with Crippen molar-refractivity contribution in [1.29, 1.82) is 0 Å². The van der Waals surface area contributed by atoms with Crippen molar-refractivity contribution in [3.05, 3.63) is 35.5 Å². The van der Waals surface area contributed by atoms with Gasteiger partial charge in [-0.2, -0.15) is 0 Å². The summed E-state index contributed by atoms with van der Waals surface area (Å²) in [4.78, 5) is 15.4. The predicted molar refractivity (Wildman–Crippen MR) is 98.9 cm³/mol. The van der Waals surface area contributed by atoms with Gasteiger partial charge in [-0.05, 0) is 24.0 Å². The van der Waals surface area contributed by atoms with E-state index in [4.69, 9.17) is 4.74 Å². The SMILES string of the molecule is CCc1cccc2c(CCNC(=O)CC3COCCN3)c[nH]c12.Cl. The molecule has 24 heavy (non-hydrogen) atoms. The Morgan fingerprint density at radius 2 is 2.25 bits per heavy atom. The Kier molecular flexibility index (Phi) is 7.09. The summed E-state index contributed by atoms with van der Waals surface area (Å²) < 4.78 is 5.37. The molecule has 1 aliphatic rings. The summed E-state index contributed by atoms with van der Waals surface area (Å²) in [5.74, 6) is 0.0853. The smallest absolute Gasteiger partial charge is 0.221 e. The molecule has 0 saturated carbocycles. The number of benzene rings is 1. The van der Waals surface area contributed by atoms with Crippen LogP contribution in [0.15, 0.2) is 24.4 Å². The molecule has 1 saturated heterocycles. The number of rotatable bonds is 6. The lowest BCUT2D eigenvalue weighted by Crippen LogP contribution is -2.44. The average Bonchev–Trinajstić information content (AvgIpc) is 2.99. The number of aryl methyl sites for hydroxylation is 1. The summed E-state index contributed by atoms with van der Waals surface area (Å²) in [6.45, 7) is 5.01. The number of morpholine rings is 1. The normalized spacial score (nSPS) is 17.5. The lowest BCUT2D eigenvalue weighted by Gasteiger charge is -2.23. The second-order valence-corrected chi connectivity index (χ2v) is 6.04. The number of halogens is 1. The van der Waals surface area contributed by atoms with Gasteiger partial charge in [0.15, 0.2) is 0 Å². The third-order valence-corrected chi connectivity index (χ3v) is 4.42. The van der Waals surface area contributed by atoms with Crippen molar-refractivity contribution in [2.75, 3.05) is 26.3 Å². The summed E-state index contributed by atoms with van der Waals surface area (Å²) >= 11 is 0. The topological polar surface area (TPSA) is 66.2 Å². The molecule has 0 bridgehead atoms. The molecule has 1 aromatic heterocycles. The van der Waals surface area contributed by atoms with Crippen LogP contribution in [0.1, 0.15) is 24.5 Å². The second-order valence-electron chi connectivity index (χ2n) is 6.04. The highest BCUT2D eigenvalue weighted by Gasteiger charge is 2.16. The lowest BCUT2D eigenvalue weighted by molar-refractivity contribution is -0.122. The van der Waals surface area contributed by atoms with Gasteiger partial charge in [-0.1, -0.05) is 25.1 Å². The van der Waals surface area contributed by atoms with E-state index in [0.29, 0.717) is 19.6 Å². The molecule has 6 heteroatoms. The average molecular weight is 352 g/mol. The number of para-hydroxylation sites is 1. The molecule has 3 N–H and O–H groups in total. The first-order valence-electron chi connectivity index (χ1n) is 8.43.